The number of thiophene rings is 1. The van der Waals surface area contributed by atoms with Gasteiger partial charge in [-0.1, -0.05) is 0 Å². The average Bonchev–Trinajstić information content (AvgIpc) is 2.75. The number of aliphatic hydroxyl groups is 1. The summed E-state index contributed by atoms with van der Waals surface area (Å²) in [6.07, 6.45) is 3.60. The zero-order chi connectivity index (χ0) is 9.97. The van der Waals surface area contributed by atoms with Crippen LogP contribution in [0.2, 0.25) is 0 Å². The van der Waals surface area contributed by atoms with E-state index in [4.69, 9.17) is 0 Å². The van der Waals surface area contributed by atoms with E-state index in [0.717, 1.165) is 5.69 Å². The number of aromatic nitrogens is 2. The van der Waals surface area contributed by atoms with Gasteiger partial charge in [-0.3, -0.25) is 0 Å². The Hall–Kier alpha value is -1.13. The van der Waals surface area contributed by atoms with Crippen molar-refractivity contribution in [3.63, 3.8) is 0 Å². The molecule has 2 aromatic heterocycles. The molecule has 2 heterocycles. The van der Waals surface area contributed by atoms with Crippen molar-refractivity contribution < 1.29 is 5.11 Å². The van der Waals surface area contributed by atoms with Crippen LogP contribution in [0.3, 0.4) is 0 Å². The Balaban J connectivity index is 2.10. The Morgan fingerprint density at radius 2 is 2.50 bits per heavy atom. The molecule has 3 nitrogen and oxygen atoms in total. The summed E-state index contributed by atoms with van der Waals surface area (Å²) in [6, 6.07) is 2.03. The molecule has 2 rings (SSSR count). The fourth-order valence-electron chi connectivity index (χ4n) is 1.43. The van der Waals surface area contributed by atoms with E-state index in [1.807, 2.05) is 23.1 Å². The molecule has 0 aliphatic carbocycles. The van der Waals surface area contributed by atoms with Crippen LogP contribution < -0.4 is 0 Å². The summed E-state index contributed by atoms with van der Waals surface area (Å²) in [5.41, 5.74) is 2.03. The molecule has 0 aromatic carbocycles. The fourth-order valence-corrected chi connectivity index (χ4v) is 2.11. The molecule has 0 saturated carbocycles. The maximum atomic E-state index is 9.91. The highest BCUT2D eigenvalue weighted by Gasteiger charge is 2.11. The van der Waals surface area contributed by atoms with Crippen molar-refractivity contribution in [2.75, 3.05) is 0 Å². The van der Waals surface area contributed by atoms with Crippen molar-refractivity contribution in [1.29, 1.82) is 0 Å². The molecule has 0 fully saturated rings. The van der Waals surface area contributed by atoms with E-state index in [1.165, 1.54) is 5.56 Å². The van der Waals surface area contributed by atoms with Crippen molar-refractivity contribution in [2.24, 2.45) is 7.05 Å². The van der Waals surface area contributed by atoms with Crippen molar-refractivity contribution in [3.8, 4) is 0 Å². The van der Waals surface area contributed by atoms with Crippen LogP contribution in [0.25, 0.3) is 0 Å². The van der Waals surface area contributed by atoms with Gasteiger partial charge < -0.3 is 9.67 Å². The van der Waals surface area contributed by atoms with Crippen LogP contribution in [0.15, 0.2) is 29.4 Å². The highest BCUT2D eigenvalue weighted by atomic mass is 32.1. The highest BCUT2D eigenvalue weighted by molar-refractivity contribution is 7.07. The third-order valence-electron chi connectivity index (χ3n) is 2.20. The summed E-state index contributed by atoms with van der Waals surface area (Å²) in [6.45, 7) is 0. The van der Waals surface area contributed by atoms with Crippen LogP contribution in [-0.2, 0) is 13.5 Å². The minimum atomic E-state index is -0.461. The zero-order valence-corrected chi connectivity index (χ0v) is 8.74. The Morgan fingerprint density at radius 3 is 3.07 bits per heavy atom. The molecule has 4 heteroatoms. The molecule has 0 saturated heterocycles. The standard InChI is InChI=1S/C10H12N2OS/c1-12-7-11-5-9(12)10(13)4-8-2-3-14-6-8/h2-3,5-7,10,13H,4H2,1H3. The van der Waals surface area contributed by atoms with Crippen LogP contribution in [-0.4, -0.2) is 14.7 Å². The Labute approximate surface area is 86.7 Å². The van der Waals surface area contributed by atoms with E-state index in [2.05, 4.69) is 10.4 Å². The Kier molecular flexibility index (Phi) is 2.65. The van der Waals surface area contributed by atoms with Gasteiger partial charge in [0.05, 0.1) is 24.3 Å². The summed E-state index contributed by atoms with van der Waals surface area (Å²) in [7, 11) is 1.89. The van der Waals surface area contributed by atoms with Crippen molar-refractivity contribution in [3.05, 3.63) is 40.6 Å². The number of aliphatic hydroxyl groups excluding tert-OH is 1. The van der Waals surface area contributed by atoms with Gasteiger partial charge in [0.25, 0.3) is 0 Å². The lowest BCUT2D eigenvalue weighted by Gasteiger charge is -2.09. The van der Waals surface area contributed by atoms with Gasteiger partial charge in [0.1, 0.15) is 0 Å². The van der Waals surface area contributed by atoms with E-state index in [1.54, 1.807) is 23.9 Å². The first kappa shape index (κ1) is 9.43. The van der Waals surface area contributed by atoms with E-state index >= 15 is 0 Å². The topological polar surface area (TPSA) is 38.0 Å². The zero-order valence-electron chi connectivity index (χ0n) is 7.92. The number of rotatable bonds is 3. The lowest BCUT2D eigenvalue weighted by molar-refractivity contribution is 0.170. The SMILES string of the molecule is Cn1cncc1C(O)Cc1ccsc1. The number of hydrogen-bond donors (Lipinski definition) is 1. The summed E-state index contributed by atoms with van der Waals surface area (Å²) >= 11 is 1.65. The predicted molar refractivity (Wildman–Crippen MR) is 56.2 cm³/mol. The molecular formula is C10H12N2OS. The van der Waals surface area contributed by atoms with Gasteiger partial charge >= 0.3 is 0 Å². The molecule has 0 radical (unpaired) electrons. The molecule has 0 aliphatic rings. The molecule has 1 atom stereocenters. The third kappa shape index (κ3) is 1.86. The molecular weight excluding hydrogens is 196 g/mol. The Morgan fingerprint density at radius 1 is 1.64 bits per heavy atom. The normalized spacial score (nSPS) is 13.0. The first-order chi connectivity index (χ1) is 6.77. The van der Waals surface area contributed by atoms with E-state index < -0.39 is 6.10 Å². The van der Waals surface area contributed by atoms with E-state index in [0.29, 0.717) is 6.42 Å². The molecule has 2 aromatic rings. The first-order valence-electron chi connectivity index (χ1n) is 4.42. The second-order valence-corrected chi connectivity index (χ2v) is 4.06. The van der Waals surface area contributed by atoms with Crippen LogP contribution >= 0.6 is 11.3 Å². The summed E-state index contributed by atoms with van der Waals surface area (Å²) in [5, 5.41) is 14.0. The lowest BCUT2D eigenvalue weighted by Crippen LogP contribution is -2.05. The summed E-state index contributed by atoms with van der Waals surface area (Å²) in [5.74, 6) is 0. The second kappa shape index (κ2) is 3.94. The average molecular weight is 208 g/mol. The van der Waals surface area contributed by atoms with Crippen LogP contribution in [0.4, 0.5) is 0 Å². The number of aryl methyl sites for hydroxylation is 1. The number of nitrogens with zero attached hydrogens (tertiary/aromatic N) is 2. The van der Waals surface area contributed by atoms with Gasteiger partial charge in [-0.2, -0.15) is 11.3 Å². The second-order valence-electron chi connectivity index (χ2n) is 3.28. The van der Waals surface area contributed by atoms with E-state index in [9.17, 15) is 5.11 Å². The van der Waals surface area contributed by atoms with E-state index in [-0.39, 0.29) is 0 Å². The smallest absolute Gasteiger partial charge is 0.0996 e. The summed E-state index contributed by atoms with van der Waals surface area (Å²) in [4.78, 5) is 3.98. The molecule has 1 unspecified atom stereocenters. The van der Waals surface area contributed by atoms with Gasteiger partial charge in [-0.05, 0) is 22.4 Å². The predicted octanol–water partition coefficient (Wildman–Crippen LogP) is 1.76. The highest BCUT2D eigenvalue weighted by Crippen LogP contribution is 2.18. The molecule has 0 bridgehead atoms. The minimum absolute atomic E-state index is 0.461. The first-order valence-corrected chi connectivity index (χ1v) is 5.37. The van der Waals surface area contributed by atoms with Crippen LogP contribution in [0.1, 0.15) is 17.4 Å². The van der Waals surface area contributed by atoms with Gasteiger partial charge in [-0.15, -0.1) is 0 Å². The molecule has 1 N–H and O–H groups in total. The Bertz CT molecular complexity index is 394. The fraction of sp³-hybridized carbons (Fsp3) is 0.300. The third-order valence-corrected chi connectivity index (χ3v) is 2.94. The monoisotopic (exact) mass is 208 g/mol. The van der Waals surface area contributed by atoms with Gasteiger partial charge in [0.15, 0.2) is 0 Å². The van der Waals surface area contributed by atoms with Gasteiger partial charge in [0.2, 0.25) is 0 Å². The molecule has 0 aliphatic heterocycles. The van der Waals surface area contributed by atoms with Gasteiger partial charge in [-0.25, -0.2) is 4.98 Å². The number of hydrogen-bond acceptors (Lipinski definition) is 3. The molecule has 14 heavy (non-hydrogen) atoms. The van der Waals surface area contributed by atoms with Crippen LogP contribution in [0.5, 0.6) is 0 Å². The largest absolute Gasteiger partial charge is 0.386 e. The van der Waals surface area contributed by atoms with Crippen LogP contribution in [0, 0.1) is 0 Å². The quantitative estimate of drug-likeness (QED) is 0.834. The van der Waals surface area contributed by atoms with Gasteiger partial charge in [0, 0.05) is 13.5 Å². The summed E-state index contributed by atoms with van der Waals surface area (Å²) < 4.78 is 1.84. The lowest BCUT2D eigenvalue weighted by atomic mass is 10.1. The molecule has 0 amide bonds. The molecule has 74 valence electrons. The van der Waals surface area contributed by atoms with Crippen molar-refractivity contribution in [1.82, 2.24) is 9.55 Å². The maximum absolute atomic E-state index is 9.91. The van der Waals surface area contributed by atoms with Crippen molar-refractivity contribution in [2.45, 2.75) is 12.5 Å². The van der Waals surface area contributed by atoms with Crippen molar-refractivity contribution >= 4 is 11.3 Å². The molecule has 0 spiro atoms. The maximum Gasteiger partial charge on any atom is 0.0996 e. The number of imidazole rings is 1. The minimum Gasteiger partial charge on any atom is -0.386 e.